The van der Waals surface area contributed by atoms with Crippen LogP contribution in [0.5, 0.6) is 0 Å². The molecule has 0 spiro atoms. The summed E-state index contributed by atoms with van der Waals surface area (Å²) in [5, 5.41) is 5.86. The number of aromatic amines is 1. The minimum Gasteiger partial charge on any atom is -0.356 e. The molecule has 1 aliphatic rings. The Morgan fingerprint density at radius 2 is 1.74 bits per heavy atom. The number of rotatable bonds is 2. The highest BCUT2D eigenvalue weighted by Crippen LogP contribution is 2.45. The lowest BCUT2D eigenvalue weighted by molar-refractivity contribution is 0.390. The van der Waals surface area contributed by atoms with Crippen molar-refractivity contribution < 1.29 is 0 Å². The number of H-pyrrole nitrogens is 1. The number of aromatic nitrogens is 2. The van der Waals surface area contributed by atoms with Gasteiger partial charge in [0.2, 0.25) is 0 Å². The Labute approximate surface area is 163 Å². The Bertz CT molecular complexity index is 1120. The zero-order valence-electron chi connectivity index (χ0n) is 15.0. The molecule has 2 atom stereocenters. The number of nitrogens with one attached hydrogen (secondary N) is 2. The molecular weight excluding hydrogens is 354 g/mol. The molecule has 4 heteroatoms. The number of fused-ring (bicyclic) bond motifs is 3. The molecule has 2 aromatic heterocycles. The van der Waals surface area contributed by atoms with Gasteiger partial charge < -0.3 is 10.3 Å². The predicted molar refractivity (Wildman–Crippen MR) is 110 cm³/mol. The molecule has 0 saturated heterocycles. The second-order valence-electron chi connectivity index (χ2n) is 7.28. The summed E-state index contributed by atoms with van der Waals surface area (Å²) in [6.07, 6.45) is 3.70. The lowest BCUT2D eigenvalue weighted by atomic mass is 9.77. The fourth-order valence-electron chi connectivity index (χ4n) is 4.37. The standard InChI is InChI=1S/C23H20ClN3/c1-23(15-10-12-25-13-11-15)22-21(17-7-3-5-9-20(17)27-22)18(14-26-23)16-6-2-4-8-19(16)24/h2-13,18,26-27H,14H2,1H3/t18-,23+/m1/s1. The van der Waals surface area contributed by atoms with Crippen LogP contribution in [0.25, 0.3) is 10.9 Å². The van der Waals surface area contributed by atoms with Crippen molar-refractivity contribution in [1.29, 1.82) is 0 Å². The summed E-state index contributed by atoms with van der Waals surface area (Å²) in [4.78, 5) is 7.89. The molecule has 27 heavy (non-hydrogen) atoms. The summed E-state index contributed by atoms with van der Waals surface area (Å²) in [6.45, 7) is 3.05. The van der Waals surface area contributed by atoms with E-state index in [1.54, 1.807) is 0 Å². The second kappa shape index (κ2) is 6.22. The summed E-state index contributed by atoms with van der Waals surface area (Å²) in [6, 6.07) is 20.8. The monoisotopic (exact) mass is 373 g/mol. The van der Waals surface area contributed by atoms with Crippen molar-refractivity contribution in [3.8, 4) is 0 Å². The first kappa shape index (κ1) is 16.5. The average Bonchev–Trinajstić information content (AvgIpc) is 3.11. The van der Waals surface area contributed by atoms with Crippen molar-refractivity contribution in [2.45, 2.75) is 18.4 Å². The smallest absolute Gasteiger partial charge is 0.0817 e. The summed E-state index contributed by atoms with van der Waals surface area (Å²) < 4.78 is 0. The van der Waals surface area contributed by atoms with Crippen molar-refractivity contribution in [3.63, 3.8) is 0 Å². The Hall–Kier alpha value is -2.62. The zero-order valence-corrected chi connectivity index (χ0v) is 15.8. The Morgan fingerprint density at radius 1 is 1.00 bits per heavy atom. The van der Waals surface area contributed by atoms with Crippen molar-refractivity contribution in [2.24, 2.45) is 0 Å². The maximum Gasteiger partial charge on any atom is 0.0817 e. The number of hydrogen-bond acceptors (Lipinski definition) is 2. The fraction of sp³-hybridized carbons (Fsp3) is 0.174. The second-order valence-corrected chi connectivity index (χ2v) is 7.68. The molecule has 3 heterocycles. The van der Waals surface area contributed by atoms with Crippen LogP contribution in [0, 0.1) is 0 Å². The highest BCUT2D eigenvalue weighted by molar-refractivity contribution is 6.31. The summed E-state index contributed by atoms with van der Waals surface area (Å²) >= 11 is 6.58. The van der Waals surface area contributed by atoms with Gasteiger partial charge in [0.1, 0.15) is 0 Å². The topological polar surface area (TPSA) is 40.7 Å². The van der Waals surface area contributed by atoms with Gasteiger partial charge in [0.05, 0.1) is 5.54 Å². The molecule has 0 saturated carbocycles. The molecule has 0 amide bonds. The third-order valence-corrected chi connectivity index (χ3v) is 6.14. The highest BCUT2D eigenvalue weighted by Gasteiger charge is 2.40. The van der Waals surface area contributed by atoms with E-state index in [0.717, 1.165) is 22.6 Å². The molecule has 2 aromatic carbocycles. The fourth-order valence-corrected chi connectivity index (χ4v) is 4.64. The number of para-hydroxylation sites is 1. The van der Waals surface area contributed by atoms with E-state index in [9.17, 15) is 0 Å². The van der Waals surface area contributed by atoms with Gasteiger partial charge in [0.25, 0.3) is 0 Å². The van der Waals surface area contributed by atoms with Crippen molar-refractivity contribution in [1.82, 2.24) is 15.3 Å². The van der Waals surface area contributed by atoms with E-state index < -0.39 is 0 Å². The number of hydrogen-bond donors (Lipinski definition) is 2. The van der Waals surface area contributed by atoms with E-state index in [1.165, 1.54) is 22.2 Å². The molecule has 0 bridgehead atoms. The maximum atomic E-state index is 6.58. The first-order valence-corrected chi connectivity index (χ1v) is 9.57. The normalized spacial score (nSPS) is 21.9. The number of pyridine rings is 1. The number of nitrogens with zero attached hydrogens (tertiary/aromatic N) is 1. The van der Waals surface area contributed by atoms with Crippen LogP contribution >= 0.6 is 11.6 Å². The molecule has 0 unspecified atom stereocenters. The lowest BCUT2D eigenvalue weighted by Gasteiger charge is -2.39. The SMILES string of the molecule is C[C@@]1(c2ccncc2)NC[C@H](c2ccccc2Cl)c2c1[nH]c1ccccc21. The zero-order chi connectivity index (χ0) is 18.4. The van der Waals surface area contributed by atoms with Crippen molar-refractivity contribution in [2.75, 3.05) is 6.54 Å². The largest absolute Gasteiger partial charge is 0.356 e. The van der Waals surface area contributed by atoms with Crippen LogP contribution in [0.3, 0.4) is 0 Å². The minimum absolute atomic E-state index is 0.194. The summed E-state index contributed by atoms with van der Waals surface area (Å²) in [5.41, 5.74) is 5.73. The van der Waals surface area contributed by atoms with E-state index >= 15 is 0 Å². The van der Waals surface area contributed by atoms with Crippen LogP contribution < -0.4 is 5.32 Å². The predicted octanol–water partition coefficient (Wildman–Crippen LogP) is 5.21. The van der Waals surface area contributed by atoms with E-state index in [2.05, 4.69) is 70.7 Å². The molecule has 0 radical (unpaired) electrons. The first-order valence-electron chi connectivity index (χ1n) is 9.19. The van der Waals surface area contributed by atoms with Gasteiger partial charge in [-0.3, -0.25) is 4.98 Å². The van der Waals surface area contributed by atoms with Crippen LogP contribution in [0.2, 0.25) is 5.02 Å². The van der Waals surface area contributed by atoms with Crippen molar-refractivity contribution >= 4 is 22.5 Å². The van der Waals surface area contributed by atoms with Gasteiger partial charge >= 0.3 is 0 Å². The third kappa shape index (κ3) is 2.50. The van der Waals surface area contributed by atoms with Gasteiger partial charge in [-0.2, -0.15) is 0 Å². The van der Waals surface area contributed by atoms with Gasteiger partial charge in [-0.25, -0.2) is 0 Å². The average molecular weight is 374 g/mol. The lowest BCUT2D eigenvalue weighted by Crippen LogP contribution is -2.47. The van der Waals surface area contributed by atoms with Crippen LogP contribution in [-0.4, -0.2) is 16.5 Å². The molecule has 3 nitrogen and oxygen atoms in total. The van der Waals surface area contributed by atoms with Gasteiger partial charge in [-0.15, -0.1) is 0 Å². The first-order chi connectivity index (χ1) is 13.2. The van der Waals surface area contributed by atoms with Gasteiger partial charge in [-0.05, 0) is 47.9 Å². The Morgan fingerprint density at radius 3 is 2.56 bits per heavy atom. The molecular formula is C23H20ClN3. The maximum absolute atomic E-state index is 6.58. The quantitative estimate of drug-likeness (QED) is 0.506. The minimum atomic E-state index is -0.310. The highest BCUT2D eigenvalue weighted by atomic mass is 35.5. The third-order valence-electron chi connectivity index (χ3n) is 5.79. The van der Waals surface area contributed by atoms with E-state index in [-0.39, 0.29) is 11.5 Å². The number of halogens is 1. The van der Waals surface area contributed by atoms with Gasteiger partial charge in [-0.1, -0.05) is 48.0 Å². The van der Waals surface area contributed by atoms with Crippen LogP contribution in [0.15, 0.2) is 73.1 Å². The Balaban J connectivity index is 1.79. The molecule has 0 aliphatic carbocycles. The van der Waals surface area contributed by atoms with E-state index in [0.29, 0.717) is 0 Å². The molecule has 5 rings (SSSR count). The molecule has 0 fully saturated rings. The van der Waals surface area contributed by atoms with Gasteiger partial charge in [0, 0.05) is 46.5 Å². The summed E-state index contributed by atoms with van der Waals surface area (Å²) in [5.74, 6) is 0.194. The summed E-state index contributed by atoms with van der Waals surface area (Å²) in [7, 11) is 0. The van der Waals surface area contributed by atoms with E-state index in [4.69, 9.17) is 11.6 Å². The van der Waals surface area contributed by atoms with Crippen LogP contribution in [0.4, 0.5) is 0 Å². The van der Waals surface area contributed by atoms with Crippen LogP contribution in [-0.2, 0) is 5.54 Å². The molecule has 134 valence electrons. The van der Waals surface area contributed by atoms with Crippen LogP contribution in [0.1, 0.15) is 35.2 Å². The van der Waals surface area contributed by atoms with E-state index in [1.807, 2.05) is 24.5 Å². The van der Waals surface area contributed by atoms with Gasteiger partial charge in [0.15, 0.2) is 0 Å². The number of benzene rings is 2. The molecule has 2 N–H and O–H groups in total. The molecule has 1 aliphatic heterocycles. The Kier molecular flexibility index (Phi) is 3.81. The molecule has 4 aromatic rings. The van der Waals surface area contributed by atoms with Crippen molar-refractivity contribution in [3.05, 3.63) is 100 Å².